The van der Waals surface area contributed by atoms with E-state index in [1.165, 1.54) is 4.90 Å². The Morgan fingerprint density at radius 2 is 1.93 bits per heavy atom. The van der Waals surface area contributed by atoms with Gasteiger partial charge >= 0.3 is 5.97 Å². The minimum absolute atomic E-state index is 0.138. The van der Waals surface area contributed by atoms with Crippen molar-refractivity contribution >= 4 is 29.1 Å². The third kappa shape index (κ3) is 4.62. The van der Waals surface area contributed by atoms with Gasteiger partial charge in [0.25, 0.3) is 11.8 Å². The number of aliphatic carboxylic acids is 1. The number of carboxylic acids is 1. The smallest absolute Gasteiger partial charge is 0.322 e. The van der Waals surface area contributed by atoms with Gasteiger partial charge in [0.15, 0.2) is 0 Å². The van der Waals surface area contributed by atoms with Crippen molar-refractivity contribution in [2.45, 2.75) is 26.8 Å². The molecule has 9 heteroatoms. The molecule has 8 nitrogen and oxygen atoms in total. The van der Waals surface area contributed by atoms with Crippen molar-refractivity contribution in [2.24, 2.45) is 0 Å². The van der Waals surface area contributed by atoms with Crippen LogP contribution in [0.2, 0.25) is 0 Å². The molecule has 0 atom stereocenters. The lowest BCUT2D eigenvalue weighted by molar-refractivity contribution is -0.138. The number of amides is 2. The quantitative estimate of drug-likeness (QED) is 0.622. The van der Waals surface area contributed by atoms with Gasteiger partial charge < -0.3 is 20.4 Å². The van der Waals surface area contributed by atoms with Gasteiger partial charge in [-0.25, -0.2) is 4.98 Å². The molecule has 0 saturated carbocycles. The zero-order chi connectivity index (χ0) is 21.1. The predicted molar refractivity (Wildman–Crippen MR) is 107 cm³/mol. The Bertz CT molecular complexity index is 994. The minimum Gasteiger partial charge on any atom is -0.511 e. The summed E-state index contributed by atoms with van der Waals surface area (Å²) in [6.45, 7) is 3.86. The molecule has 1 aliphatic rings. The van der Waals surface area contributed by atoms with Crippen molar-refractivity contribution in [2.75, 3.05) is 13.1 Å². The molecule has 0 spiro atoms. The third-order valence-corrected chi connectivity index (χ3v) is 5.65. The van der Waals surface area contributed by atoms with Crippen molar-refractivity contribution < 1.29 is 24.6 Å². The molecule has 3 N–H and O–H groups in total. The van der Waals surface area contributed by atoms with Gasteiger partial charge in [-0.15, -0.1) is 11.3 Å². The second kappa shape index (κ2) is 8.44. The molecule has 2 amide bonds. The van der Waals surface area contributed by atoms with E-state index >= 15 is 0 Å². The van der Waals surface area contributed by atoms with Gasteiger partial charge in [-0.2, -0.15) is 0 Å². The number of benzene rings is 1. The van der Waals surface area contributed by atoms with Gasteiger partial charge in [0.1, 0.15) is 17.9 Å². The summed E-state index contributed by atoms with van der Waals surface area (Å²) in [6.07, 6.45) is 0.138. The van der Waals surface area contributed by atoms with Crippen LogP contribution in [0.25, 0.3) is 10.4 Å². The zero-order valence-corrected chi connectivity index (χ0v) is 16.9. The summed E-state index contributed by atoms with van der Waals surface area (Å²) < 4.78 is 0. The first-order valence-corrected chi connectivity index (χ1v) is 9.82. The zero-order valence-electron chi connectivity index (χ0n) is 16.1. The average molecular weight is 415 g/mol. The number of aryl methyl sites for hydroxylation is 2. The maximum Gasteiger partial charge on any atom is 0.322 e. The molecule has 1 aromatic heterocycles. The second-order valence-electron chi connectivity index (χ2n) is 6.72. The number of aromatic nitrogens is 1. The van der Waals surface area contributed by atoms with E-state index in [4.69, 9.17) is 5.11 Å². The Labute approximate surface area is 171 Å². The lowest BCUT2D eigenvalue weighted by atomic mass is 10.0. The highest BCUT2D eigenvalue weighted by Crippen LogP contribution is 2.30. The number of hydrogen-bond acceptors (Lipinski definition) is 6. The number of aliphatic hydroxyl groups excluding tert-OH is 1. The third-order valence-electron chi connectivity index (χ3n) is 4.53. The monoisotopic (exact) mass is 415 g/mol. The molecule has 29 heavy (non-hydrogen) atoms. The maximum atomic E-state index is 12.7. The summed E-state index contributed by atoms with van der Waals surface area (Å²) in [5, 5.41) is 21.8. The summed E-state index contributed by atoms with van der Waals surface area (Å²) in [7, 11) is 0. The highest BCUT2D eigenvalue weighted by atomic mass is 32.1. The molecule has 1 aromatic carbocycles. The fraction of sp³-hybridized carbons (Fsp3) is 0.300. The highest BCUT2D eigenvalue weighted by molar-refractivity contribution is 7.15. The van der Waals surface area contributed by atoms with Crippen LogP contribution < -0.4 is 5.32 Å². The number of nitrogens with one attached hydrogen (secondary N) is 1. The van der Waals surface area contributed by atoms with Gasteiger partial charge in [-0.1, -0.05) is 24.3 Å². The van der Waals surface area contributed by atoms with Crippen molar-refractivity contribution in [1.82, 2.24) is 15.2 Å². The summed E-state index contributed by atoms with van der Waals surface area (Å²) in [5.41, 5.74) is 2.51. The largest absolute Gasteiger partial charge is 0.511 e. The van der Waals surface area contributed by atoms with Crippen LogP contribution in [0.4, 0.5) is 0 Å². The predicted octanol–water partition coefficient (Wildman–Crippen LogP) is 2.17. The van der Waals surface area contributed by atoms with E-state index in [9.17, 15) is 19.5 Å². The summed E-state index contributed by atoms with van der Waals surface area (Å²) >= 11 is 1.62. The van der Waals surface area contributed by atoms with Gasteiger partial charge in [0.05, 0.1) is 15.6 Å². The van der Waals surface area contributed by atoms with Crippen LogP contribution in [-0.2, 0) is 20.9 Å². The van der Waals surface area contributed by atoms with Crippen LogP contribution in [0, 0.1) is 13.8 Å². The molecule has 0 aliphatic carbocycles. The minimum atomic E-state index is -1.23. The first-order valence-electron chi connectivity index (χ1n) is 9.01. The van der Waals surface area contributed by atoms with Gasteiger partial charge in [0.2, 0.25) is 0 Å². The number of carbonyl (C=O) groups is 3. The highest BCUT2D eigenvalue weighted by Gasteiger charge is 2.32. The van der Waals surface area contributed by atoms with E-state index in [0.717, 1.165) is 26.7 Å². The molecule has 0 fully saturated rings. The van der Waals surface area contributed by atoms with E-state index in [1.54, 1.807) is 11.3 Å². The Hall–Kier alpha value is -3.20. The average Bonchev–Trinajstić information content (AvgIpc) is 3.01. The SMILES string of the molecule is Cc1nc(C)c(-c2ccc(CN3CCC(O)=C(C(=O)NCC(=O)O)C3=O)cc2)s1. The standard InChI is InChI=1S/C20H21N3O5S/c1-11-18(29-12(2)22-11)14-5-3-13(4-6-14)10-23-8-7-15(24)17(20(23)28)19(27)21-9-16(25)26/h3-6,24H,7-10H2,1-2H3,(H,21,27)(H,25,26). The molecule has 2 aromatic rings. The lowest BCUT2D eigenvalue weighted by Gasteiger charge is -2.28. The van der Waals surface area contributed by atoms with Crippen molar-refractivity contribution in [3.8, 4) is 10.4 Å². The number of carbonyl (C=O) groups excluding carboxylic acids is 2. The topological polar surface area (TPSA) is 120 Å². The van der Waals surface area contributed by atoms with Crippen LogP contribution in [-0.4, -0.2) is 51.0 Å². The molecule has 2 heterocycles. The molecular weight excluding hydrogens is 394 g/mol. The summed E-state index contributed by atoms with van der Waals surface area (Å²) in [6, 6.07) is 7.77. The molecule has 0 bridgehead atoms. The molecule has 0 saturated heterocycles. The van der Waals surface area contributed by atoms with Gasteiger partial charge in [-0.3, -0.25) is 14.4 Å². The Kier molecular flexibility index (Phi) is 5.97. The van der Waals surface area contributed by atoms with Gasteiger partial charge in [0, 0.05) is 19.5 Å². The molecule has 152 valence electrons. The maximum absolute atomic E-state index is 12.7. The number of hydrogen-bond donors (Lipinski definition) is 3. The van der Waals surface area contributed by atoms with E-state index < -0.39 is 29.9 Å². The van der Waals surface area contributed by atoms with E-state index in [0.29, 0.717) is 0 Å². The van der Waals surface area contributed by atoms with Crippen molar-refractivity contribution in [1.29, 1.82) is 0 Å². The Balaban J connectivity index is 1.72. The second-order valence-corrected chi connectivity index (χ2v) is 7.92. The van der Waals surface area contributed by atoms with Crippen LogP contribution in [0.1, 0.15) is 22.7 Å². The van der Waals surface area contributed by atoms with E-state index in [-0.39, 0.29) is 25.3 Å². The number of thiazole rings is 1. The molecule has 3 rings (SSSR count). The number of nitrogens with zero attached hydrogens (tertiary/aromatic N) is 2. The number of aliphatic hydroxyl groups is 1. The van der Waals surface area contributed by atoms with E-state index in [2.05, 4.69) is 10.3 Å². The normalized spacial score (nSPS) is 14.3. The van der Waals surface area contributed by atoms with Gasteiger partial charge in [-0.05, 0) is 25.0 Å². The fourth-order valence-electron chi connectivity index (χ4n) is 3.15. The van der Waals surface area contributed by atoms with Crippen LogP contribution in [0.15, 0.2) is 35.6 Å². The van der Waals surface area contributed by atoms with Crippen LogP contribution >= 0.6 is 11.3 Å². The summed E-state index contributed by atoms with van der Waals surface area (Å²) in [5.74, 6) is -3.05. The molecule has 0 unspecified atom stereocenters. The van der Waals surface area contributed by atoms with Crippen LogP contribution in [0.5, 0.6) is 0 Å². The molecular formula is C20H21N3O5S. The van der Waals surface area contributed by atoms with E-state index in [1.807, 2.05) is 38.1 Å². The molecule has 1 aliphatic heterocycles. The number of rotatable bonds is 6. The Morgan fingerprint density at radius 3 is 2.52 bits per heavy atom. The van der Waals surface area contributed by atoms with Crippen molar-refractivity contribution in [3.05, 3.63) is 51.9 Å². The fourth-order valence-corrected chi connectivity index (χ4v) is 4.08. The van der Waals surface area contributed by atoms with Crippen molar-refractivity contribution in [3.63, 3.8) is 0 Å². The number of carboxylic acid groups (broad SMARTS) is 1. The first-order chi connectivity index (χ1) is 13.8. The van der Waals surface area contributed by atoms with Crippen LogP contribution in [0.3, 0.4) is 0 Å². The molecule has 0 radical (unpaired) electrons. The first kappa shape index (κ1) is 20.5. The lowest BCUT2D eigenvalue weighted by Crippen LogP contribution is -2.43. The Morgan fingerprint density at radius 1 is 1.24 bits per heavy atom. The summed E-state index contributed by atoms with van der Waals surface area (Å²) in [4.78, 5) is 42.4.